The predicted octanol–water partition coefficient (Wildman–Crippen LogP) is 5.91. The van der Waals surface area contributed by atoms with Crippen molar-refractivity contribution in [2.75, 3.05) is 24.6 Å². The zero-order chi connectivity index (χ0) is 27.9. The summed E-state index contributed by atoms with van der Waals surface area (Å²) >= 11 is 0. The summed E-state index contributed by atoms with van der Waals surface area (Å²) in [5.74, 6) is -0.565. The van der Waals surface area contributed by atoms with Crippen LogP contribution in [0.25, 0.3) is 11.3 Å². The molecule has 0 unspecified atom stereocenters. The normalized spacial score (nSPS) is 15.1. The lowest BCUT2D eigenvalue weighted by molar-refractivity contribution is 0.0224. The summed E-state index contributed by atoms with van der Waals surface area (Å²) in [5, 5.41) is 0. The molecule has 0 saturated heterocycles. The van der Waals surface area contributed by atoms with Crippen molar-refractivity contribution in [1.82, 2.24) is 14.9 Å². The van der Waals surface area contributed by atoms with Crippen LogP contribution in [0.15, 0.2) is 36.5 Å². The fourth-order valence-electron chi connectivity index (χ4n) is 5.05. The number of benzene rings is 2. The predicted molar refractivity (Wildman–Crippen MR) is 145 cm³/mol. The molecule has 2 aliphatic rings. The highest BCUT2D eigenvalue weighted by Gasteiger charge is 2.27. The van der Waals surface area contributed by atoms with E-state index in [1.165, 1.54) is 11.6 Å². The number of carbonyl (C=O) groups is 1. The first-order valence-electron chi connectivity index (χ1n) is 13.3. The molecule has 5 rings (SSSR count). The quantitative estimate of drug-likeness (QED) is 0.413. The summed E-state index contributed by atoms with van der Waals surface area (Å²) in [6.07, 6.45) is 1.91. The van der Waals surface area contributed by atoms with Crippen LogP contribution in [-0.4, -0.2) is 52.3 Å². The maximum Gasteiger partial charge on any atom is 0.410 e. The molecule has 0 aliphatic carbocycles. The van der Waals surface area contributed by atoms with E-state index in [0.29, 0.717) is 49.7 Å². The Morgan fingerprint density at radius 2 is 1.90 bits per heavy atom. The molecule has 0 N–H and O–H groups in total. The van der Waals surface area contributed by atoms with Crippen molar-refractivity contribution in [3.63, 3.8) is 0 Å². The highest BCUT2D eigenvalue weighted by Crippen LogP contribution is 2.39. The van der Waals surface area contributed by atoms with Crippen LogP contribution >= 0.6 is 0 Å². The van der Waals surface area contributed by atoms with E-state index in [1.807, 2.05) is 51.7 Å². The van der Waals surface area contributed by atoms with E-state index in [0.717, 1.165) is 23.7 Å². The largest absolute Gasteiger partial charge is 0.486 e. The Hall–Kier alpha value is -3.75. The van der Waals surface area contributed by atoms with Gasteiger partial charge in [-0.3, -0.25) is 0 Å². The second-order valence-corrected chi connectivity index (χ2v) is 11.4. The first-order chi connectivity index (χ1) is 18.5. The van der Waals surface area contributed by atoms with E-state index in [2.05, 4.69) is 16.0 Å². The van der Waals surface area contributed by atoms with Crippen LogP contribution in [0, 0.1) is 11.6 Å². The fraction of sp³-hybridized carbons (Fsp3) is 0.433. The van der Waals surface area contributed by atoms with Crippen molar-refractivity contribution in [2.24, 2.45) is 0 Å². The molecule has 2 aromatic carbocycles. The van der Waals surface area contributed by atoms with Crippen LogP contribution in [0.1, 0.15) is 57.1 Å². The molecule has 3 heterocycles. The summed E-state index contributed by atoms with van der Waals surface area (Å²) < 4.78 is 41.1. The van der Waals surface area contributed by atoms with Gasteiger partial charge in [0.15, 0.2) is 17.4 Å². The second kappa shape index (κ2) is 10.4. The first-order valence-corrected chi connectivity index (χ1v) is 13.3. The van der Waals surface area contributed by atoms with Gasteiger partial charge < -0.3 is 19.3 Å². The Labute approximate surface area is 227 Å². The van der Waals surface area contributed by atoms with Gasteiger partial charge in [0.1, 0.15) is 23.7 Å². The van der Waals surface area contributed by atoms with Crippen molar-refractivity contribution in [3.05, 3.63) is 70.7 Å². The van der Waals surface area contributed by atoms with E-state index in [4.69, 9.17) is 9.47 Å². The third kappa shape index (κ3) is 5.82. The van der Waals surface area contributed by atoms with E-state index >= 15 is 4.39 Å². The Kier molecular flexibility index (Phi) is 7.18. The number of ether oxygens (including phenoxy) is 2. The third-order valence-electron chi connectivity index (χ3n) is 6.90. The van der Waals surface area contributed by atoms with Crippen LogP contribution < -0.4 is 9.64 Å². The highest BCUT2D eigenvalue weighted by molar-refractivity contribution is 5.72. The Balaban J connectivity index is 1.40. The number of anilines is 1. The van der Waals surface area contributed by atoms with Gasteiger partial charge in [-0.25, -0.2) is 23.5 Å². The number of nitrogens with zero attached hydrogens (tertiary/aromatic N) is 4. The minimum atomic E-state index is -0.621. The van der Waals surface area contributed by atoms with Crippen molar-refractivity contribution in [2.45, 2.75) is 65.6 Å². The molecule has 0 fully saturated rings. The minimum absolute atomic E-state index is 0.0463. The average molecular weight is 537 g/mol. The minimum Gasteiger partial charge on any atom is -0.486 e. The van der Waals surface area contributed by atoms with Gasteiger partial charge in [-0.05, 0) is 69.9 Å². The zero-order valence-corrected chi connectivity index (χ0v) is 23.1. The van der Waals surface area contributed by atoms with E-state index < -0.39 is 17.2 Å². The van der Waals surface area contributed by atoms with Crippen LogP contribution in [0.3, 0.4) is 0 Å². The third-order valence-corrected chi connectivity index (χ3v) is 6.90. The molecule has 2 aliphatic heterocycles. The number of aromatic nitrogens is 2. The Morgan fingerprint density at radius 1 is 1.10 bits per heavy atom. The van der Waals surface area contributed by atoms with Gasteiger partial charge >= 0.3 is 6.09 Å². The number of halogens is 2. The topological polar surface area (TPSA) is 67.8 Å². The fourth-order valence-corrected chi connectivity index (χ4v) is 5.05. The average Bonchev–Trinajstić information content (AvgIpc) is 2.88. The molecule has 3 aromatic rings. The molecular formula is C30H34F2N4O3. The van der Waals surface area contributed by atoms with Crippen molar-refractivity contribution >= 4 is 11.8 Å². The molecule has 7 nitrogen and oxygen atoms in total. The summed E-state index contributed by atoms with van der Waals surface area (Å²) in [7, 11) is 0. The monoisotopic (exact) mass is 536 g/mol. The van der Waals surface area contributed by atoms with E-state index in [9.17, 15) is 9.18 Å². The molecule has 1 amide bonds. The number of hydrogen-bond acceptors (Lipinski definition) is 6. The van der Waals surface area contributed by atoms with Gasteiger partial charge in [0.2, 0.25) is 0 Å². The lowest BCUT2D eigenvalue weighted by Crippen LogP contribution is -2.39. The SMILES string of the molecule is CC(C)N1CCOc2c(F)cc(-c3nc(Cc4ccc5c(c4)CN(C(=O)OC(C)(C)C)CC5)ncc3F)cc21. The summed E-state index contributed by atoms with van der Waals surface area (Å²) in [4.78, 5) is 25.0. The maximum atomic E-state index is 15.0. The number of hydrogen-bond donors (Lipinski definition) is 0. The summed E-state index contributed by atoms with van der Waals surface area (Å²) in [5.41, 5.74) is 3.58. The molecule has 0 bridgehead atoms. The van der Waals surface area contributed by atoms with Crippen molar-refractivity contribution in [3.8, 4) is 17.0 Å². The van der Waals surface area contributed by atoms with E-state index in [1.54, 1.807) is 11.0 Å². The number of amides is 1. The van der Waals surface area contributed by atoms with Gasteiger partial charge in [0.25, 0.3) is 0 Å². The van der Waals surface area contributed by atoms with Crippen molar-refractivity contribution < 1.29 is 23.0 Å². The van der Waals surface area contributed by atoms with Crippen LogP contribution in [0.5, 0.6) is 5.75 Å². The Morgan fingerprint density at radius 3 is 2.64 bits per heavy atom. The molecule has 9 heteroatoms. The van der Waals surface area contributed by atoms with Crippen LogP contribution in [-0.2, 0) is 24.1 Å². The van der Waals surface area contributed by atoms with Gasteiger partial charge in [-0.2, -0.15) is 0 Å². The molecule has 1 aromatic heterocycles. The van der Waals surface area contributed by atoms with Crippen LogP contribution in [0.2, 0.25) is 0 Å². The lowest BCUT2D eigenvalue weighted by atomic mass is 9.96. The van der Waals surface area contributed by atoms with Gasteiger partial charge in [-0.1, -0.05) is 18.2 Å². The van der Waals surface area contributed by atoms with Gasteiger partial charge in [0, 0.05) is 31.1 Å². The van der Waals surface area contributed by atoms with E-state index in [-0.39, 0.29) is 23.6 Å². The zero-order valence-electron chi connectivity index (χ0n) is 23.1. The molecule has 39 heavy (non-hydrogen) atoms. The molecule has 0 radical (unpaired) electrons. The highest BCUT2D eigenvalue weighted by atomic mass is 19.1. The summed E-state index contributed by atoms with van der Waals surface area (Å²) in [6.45, 7) is 11.7. The molecule has 206 valence electrons. The molecule has 0 saturated carbocycles. The lowest BCUT2D eigenvalue weighted by Gasteiger charge is -2.34. The molecule has 0 spiro atoms. The first kappa shape index (κ1) is 26.8. The smallest absolute Gasteiger partial charge is 0.410 e. The van der Waals surface area contributed by atoms with Gasteiger partial charge in [0.05, 0.1) is 18.4 Å². The Bertz CT molecular complexity index is 1400. The molecule has 0 atom stereocenters. The number of fused-ring (bicyclic) bond motifs is 2. The molecular weight excluding hydrogens is 502 g/mol. The van der Waals surface area contributed by atoms with Crippen molar-refractivity contribution in [1.29, 1.82) is 0 Å². The standard InChI is InChI=1S/C30H34F2N4O3/c1-18(2)36-10-11-38-28-23(31)14-21(15-25(28)36)27-24(32)16-33-26(34-27)13-19-6-7-20-8-9-35(17-22(20)12-19)29(37)39-30(3,4)5/h6-7,12,14-16,18H,8-11,13,17H2,1-5H3. The van der Waals surface area contributed by atoms with Crippen LogP contribution in [0.4, 0.5) is 19.3 Å². The van der Waals surface area contributed by atoms with Gasteiger partial charge in [-0.15, -0.1) is 0 Å². The maximum absolute atomic E-state index is 15.0. The second-order valence-electron chi connectivity index (χ2n) is 11.4. The number of carbonyl (C=O) groups excluding carboxylic acids is 1. The number of rotatable bonds is 4. The summed E-state index contributed by atoms with van der Waals surface area (Å²) in [6, 6.07) is 9.22.